The van der Waals surface area contributed by atoms with E-state index in [0.29, 0.717) is 17.7 Å². The van der Waals surface area contributed by atoms with Crippen molar-refractivity contribution < 1.29 is 19.4 Å². The number of ether oxygens (including phenoxy) is 1. The van der Waals surface area contributed by atoms with Crippen molar-refractivity contribution in [2.24, 2.45) is 13.0 Å². The second-order valence-electron chi connectivity index (χ2n) is 5.86. The van der Waals surface area contributed by atoms with Gasteiger partial charge in [-0.25, -0.2) is 4.79 Å². The average molecular weight is 305 g/mol. The first kappa shape index (κ1) is 14.8. The predicted molar refractivity (Wildman–Crippen MR) is 77.3 cm³/mol. The van der Waals surface area contributed by atoms with Gasteiger partial charge in [0.2, 0.25) is 5.91 Å². The van der Waals surface area contributed by atoms with Crippen molar-refractivity contribution in [2.75, 3.05) is 7.11 Å². The van der Waals surface area contributed by atoms with Crippen LogP contribution in [0.25, 0.3) is 5.57 Å². The summed E-state index contributed by atoms with van der Waals surface area (Å²) in [6.45, 7) is 3.52. The summed E-state index contributed by atoms with van der Waals surface area (Å²) in [5.41, 5.74) is 2.59. The van der Waals surface area contributed by atoms with E-state index >= 15 is 0 Å². The van der Waals surface area contributed by atoms with Gasteiger partial charge in [-0.15, -0.1) is 0 Å². The van der Waals surface area contributed by atoms with Crippen LogP contribution in [0.2, 0.25) is 0 Å². The highest BCUT2D eigenvalue weighted by molar-refractivity contribution is 6.06. The van der Waals surface area contributed by atoms with Crippen LogP contribution in [0, 0.1) is 12.8 Å². The van der Waals surface area contributed by atoms with Crippen LogP contribution in [-0.2, 0) is 21.4 Å². The van der Waals surface area contributed by atoms with Crippen molar-refractivity contribution in [3.05, 3.63) is 23.2 Å². The van der Waals surface area contributed by atoms with E-state index in [2.05, 4.69) is 5.10 Å². The number of fused-ring (bicyclic) bond motifs is 1. The first-order valence-corrected chi connectivity index (χ1v) is 7.20. The summed E-state index contributed by atoms with van der Waals surface area (Å²) in [6, 6.07) is 1.69. The van der Waals surface area contributed by atoms with Gasteiger partial charge in [0.1, 0.15) is 5.70 Å². The van der Waals surface area contributed by atoms with Gasteiger partial charge in [0, 0.05) is 18.3 Å². The smallest absolute Gasteiger partial charge is 0.355 e. The molecule has 7 nitrogen and oxygen atoms in total. The van der Waals surface area contributed by atoms with Crippen molar-refractivity contribution >= 4 is 17.4 Å². The largest absolute Gasteiger partial charge is 0.464 e. The van der Waals surface area contributed by atoms with E-state index in [1.807, 2.05) is 20.0 Å². The molecule has 1 aromatic rings. The standard InChI is InChI=1S/C15H19N3O4/c1-7-5-10(16-17(7)3)9-6-11-12(8(2)19)14(20)18(11)13(9)15(21)22-4/h5,8,11-12,19H,6H2,1-4H3. The van der Waals surface area contributed by atoms with Gasteiger partial charge in [0.15, 0.2) is 0 Å². The van der Waals surface area contributed by atoms with E-state index in [1.165, 1.54) is 12.0 Å². The highest BCUT2D eigenvalue weighted by Gasteiger charge is 2.57. The zero-order valence-corrected chi connectivity index (χ0v) is 13.0. The Morgan fingerprint density at radius 2 is 2.23 bits per heavy atom. The first-order chi connectivity index (χ1) is 10.4. The van der Waals surface area contributed by atoms with Crippen LogP contribution < -0.4 is 0 Å². The molecular formula is C15H19N3O4. The van der Waals surface area contributed by atoms with E-state index in [4.69, 9.17) is 4.74 Å². The van der Waals surface area contributed by atoms with E-state index in [1.54, 1.807) is 11.6 Å². The van der Waals surface area contributed by atoms with Crippen LogP contribution in [0.4, 0.5) is 0 Å². The lowest BCUT2D eigenvalue weighted by Gasteiger charge is -2.44. The molecule has 3 atom stereocenters. The minimum atomic E-state index is -0.738. The number of hydrogen-bond acceptors (Lipinski definition) is 5. The molecule has 0 saturated carbocycles. The number of aryl methyl sites for hydroxylation is 2. The summed E-state index contributed by atoms with van der Waals surface area (Å²) in [5.74, 6) is -1.25. The topological polar surface area (TPSA) is 84.7 Å². The molecule has 7 heteroatoms. The first-order valence-electron chi connectivity index (χ1n) is 7.20. The Morgan fingerprint density at radius 3 is 2.73 bits per heavy atom. The number of rotatable bonds is 3. The van der Waals surface area contributed by atoms with Gasteiger partial charge in [-0.3, -0.25) is 9.48 Å². The van der Waals surface area contributed by atoms with Crippen LogP contribution in [0.5, 0.6) is 0 Å². The quantitative estimate of drug-likeness (QED) is 0.638. The second kappa shape index (κ2) is 4.95. The van der Waals surface area contributed by atoms with E-state index in [0.717, 1.165) is 5.69 Å². The SMILES string of the molecule is COC(=O)C1=C(c2cc(C)n(C)n2)CC2C(C(C)O)C(=O)N12. The molecule has 3 heterocycles. The van der Waals surface area contributed by atoms with Crippen LogP contribution in [0.1, 0.15) is 24.7 Å². The Hall–Kier alpha value is -2.15. The number of nitrogens with zero attached hydrogens (tertiary/aromatic N) is 3. The van der Waals surface area contributed by atoms with Gasteiger partial charge in [0.05, 0.1) is 30.9 Å². The fourth-order valence-corrected chi connectivity index (χ4v) is 3.29. The summed E-state index contributed by atoms with van der Waals surface area (Å²) >= 11 is 0. The van der Waals surface area contributed by atoms with Gasteiger partial charge in [-0.1, -0.05) is 0 Å². The fraction of sp³-hybridized carbons (Fsp3) is 0.533. The zero-order valence-electron chi connectivity index (χ0n) is 13.0. The number of carbonyl (C=O) groups excluding carboxylic acids is 2. The molecule has 0 aromatic carbocycles. The van der Waals surface area contributed by atoms with Crippen molar-refractivity contribution in [2.45, 2.75) is 32.4 Å². The third-order valence-corrected chi connectivity index (χ3v) is 4.53. The molecule has 1 saturated heterocycles. The molecule has 3 rings (SSSR count). The Morgan fingerprint density at radius 1 is 1.55 bits per heavy atom. The molecule has 22 heavy (non-hydrogen) atoms. The molecule has 1 amide bonds. The number of amides is 1. The molecule has 3 unspecified atom stereocenters. The Bertz CT molecular complexity index is 669. The Labute approximate surface area is 128 Å². The number of carbonyl (C=O) groups is 2. The van der Waals surface area contributed by atoms with E-state index < -0.39 is 18.0 Å². The average Bonchev–Trinajstić information content (AvgIpc) is 2.96. The zero-order chi connectivity index (χ0) is 16.2. The summed E-state index contributed by atoms with van der Waals surface area (Å²) < 4.78 is 6.55. The van der Waals surface area contributed by atoms with Crippen molar-refractivity contribution in [3.8, 4) is 0 Å². The molecule has 2 aliphatic rings. The number of hydrogen-bond donors (Lipinski definition) is 1. The van der Waals surface area contributed by atoms with Gasteiger partial charge in [-0.2, -0.15) is 5.10 Å². The minimum absolute atomic E-state index is 0.195. The maximum Gasteiger partial charge on any atom is 0.355 e. The molecular weight excluding hydrogens is 286 g/mol. The van der Waals surface area contributed by atoms with Crippen LogP contribution in [0.15, 0.2) is 11.8 Å². The third kappa shape index (κ3) is 1.89. The number of aromatic nitrogens is 2. The molecule has 118 valence electrons. The second-order valence-corrected chi connectivity index (χ2v) is 5.86. The van der Waals surface area contributed by atoms with E-state index in [-0.39, 0.29) is 17.6 Å². The monoisotopic (exact) mass is 305 g/mol. The normalized spacial score (nSPS) is 25.1. The highest BCUT2D eigenvalue weighted by atomic mass is 16.5. The molecule has 1 aromatic heterocycles. The Balaban J connectivity index is 2.05. The lowest BCUT2D eigenvalue weighted by atomic mass is 9.83. The number of aliphatic hydroxyl groups is 1. The maximum atomic E-state index is 12.3. The molecule has 0 aliphatic carbocycles. The van der Waals surface area contributed by atoms with Gasteiger partial charge >= 0.3 is 5.97 Å². The summed E-state index contributed by atoms with van der Waals surface area (Å²) in [5, 5.41) is 14.2. The molecule has 0 radical (unpaired) electrons. The molecule has 0 bridgehead atoms. The highest BCUT2D eigenvalue weighted by Crippen LogP contribution is 2.46. The maximum absolute atomic E-state index is 12.3. The number of methoxy groups -OCH3 is 1. The van der Waals surface area contributed by atoms with Gasteiger partial charge < -0.3 is 14.7 Å². The third-order valence-electron chi connectivity index (χ3n) is 4.53. The predicted octanol–water partition coefficient (Wildman–Crippen LogP) is 0.224. The summed E-state index contributed by atoms with van der Waals surface area (Å²) in [4.78, 5) is 25.8. The van der Waals surface area contributed by atoms with Crippen molar-refractivity contribution in [1.29, 1.82) is 0 Å². The molecule has 2 aliphatic heterocycles. The number of β-lactam (4-membered cyclic amide) rings is 1. The van der Waals surface area contributed by atoms with E-state index in [9.17, 15) is 14.7 Å². The fourth-order valence-electron chi connectivity index (χ4n) is 3.29. The minimum Gasteiger partial charge on any atom is -0.464 e. The lowest BCUT2D eigenvalue weighted by molar-refractivity contribution is -0.161. The van der Waals surface area contributed by atoms with Crippen LogP contribution in [-0.4, -0.2) is 50.9 Å². The number of esters is 1. The summed E-state index contributed by atoms with van der Waals surface area (Å²) in [6.07, 6.45) is -0.236. The Kier molecular flexibility index (Phi) is 3.32. The summed E-state index contributed by atoms with van der Waals surface area (Å²) in [7, 11) is 3.12. The van der Waals surface area contributed by atoms with Gasteiger partial charge in [0.25, 0.3) is 0 Å². The molecule has 1 N–H and O–H groups in total. The van der Waals surface area contributed by atoms with Crippen molar-refractivity contribution in [1.82, 2.24) is 14.7 Å². The van der Waals surface area contributed by atoms with Crippen LogP contribution in [0.3, 0.4) is 0 Å². The molecule has 1 fully saturated rings. The van der Waals surface area contributed by atoms with Gasteiger partial charge in [-0.05, 0) is 26.3 Å². The lowest BCUT2D eigenvalue weighted by Crippen LogP contribution is -2.61. The van der Waals surface area contributed by atoms with Crippen LogP contribution >= 0.6 is 0 Å². The van der Waals surface area contributed by atoms with Crippen molar-refractivity contribution in [3.63, 3.8) is 0 Å². The number of aliphatic hydroxyl groups excluding tert-OH is 1. The molecule has 0 spiro atoms.